The normalized spacial score (nSPS) is 11.1. The van der Waals surface area contributed by atoms with Crippen molar-refractivity contribution in [2.24, 2.45) is 0 Å². The average molecular weight is 313 g/mol. The van der Waals surface area contributed by atoms with Crippen LogP contribution in [0.1, 0.15) is 17.0 Å². The van der Waals surface area contributed by atoms with Gasteiger partial charge in [0.25, 0.3) is 0 Å². The largest absolute Gasteiger partial charge is 0.395 e. The summed E-state index contributed by atoms with van der Waals surface area (Å²) in [6.45, 7) is 6.69. The van der Waals surface area contributed by atoms with Gasteiger partial charge >= 0.3 is 0 Å². The standard InChI is InChI=1S/C17H19N3OS/c1-10-4-5-13(8-11(10)2)14-9-22-17-15(14)16(18-6-7-21)19-12(3)20-17/h4-5,8-9,21H,6-7H2,1-3H3,(H,18,19,20). The van der Waals surface area contributed by atoms with E-state index in [1.165, 1.54) is 16.7 Å². The van der Waals surface area contributed by atoms with Crippen LogP contribution in [-0.4, -0.2) is 28.2 Å². The topological polar surface area (TPSA) is 58.0 Å². The molecule has 0 aliphatic rings. The molecule has 114 valence electrons. The van der Waals surface area contributed by atoms with Crippen LogP contribution in [-0.2, 0) is 0 Å². The molecule has 2 heterocycles. The molecule has 3 aromatic rings. The number of aromatic nitrogens is 2. The number of aryl methyl sites for hydroxylation is 3. The second-order valence-electron chi connectivity index (χ2n) is 5.40. The number of rotatable bonds is 4. The number of nitrogens with zero attached hydrogens (tertiary/aromatic N) is 2. The third-order valence-corrected chi connectivity index (χ3v) is 4.64. The molecule has 0 atom stereocenters. The molecule has 5 heteroatoms. The number of aliphatic hydroxyl groups is 1. The molecule has 0 spiro atoms. The number of fused-ring (bicyclic) bond motifs is 1. The van der Waals surface area contributed by atoms with Crippen molar-refractivity contribution in [3.8, 4) is 11.1 Å². The lowest BCUT2D eigenvalue weighted by molar-refractivity contribution is 0.311. The van der Waals surface area contributed by atoms with Gasteiger partial charge in [-0.15, -0.1) is 11.3 Å². The maximum atomic E-state index is 9.07. The monoisotopic (exact) mass is 313 g/mol. The van der Waals surface area contributed by atoms with Crippen LogP contribution in [0.5, 0.6) is 0 Å². The minimum absolute atomic E-state index is 0.0770. The summed E-state index contributed by atoms with van der Waals surface area (Å²) >= 11 is 1.63. The molecule has 2 N–H and O–H groups in total. The summed E-state index contributed by atoms with van der Waals surface area (Å²) in [5, 5.41) is 15.4. The van der Waals surface area contributed by atoms with Crippen molar-refractivity contribution >= 4 is 27.4 Å². The summed E-state index contributed by atoms with van der Waals surface area (Å²) in [4.78, 5) is 10.0. The number of thiophene rings is 1. The Bertz CT molecular complexity index is 826. The van der Waals surface area contributed by atoms with Crippen molar-refractivity contribution < 1.29 is 5.11 Å². The second kappa shape index (κ2) is 6.02. The minimum atomic E-state index is 0.0770. The van der Waals surface area contributed by atoms with E-state index in [0.29, 0.717) is 6.54 Å². The zero-order chi connectivity index (χ0) is 15.7. The molecule has 0 fully saturated rings. The molecular formula is C17H19N3OS. The van der Waals surface area contributed by atoms with Gasteiger partial charge < -0.3 is 10.4 Å². The molecule has 0 amide bonds. The Morgan fingerprint density at radius 3 is 2.68 bits per heavy atom. The Labute approximate surface area is 133 Å². The van der Waals surface area contributed by atoms with E-state index < -0.39 is 0 Å². The van der Waals surface area contributed by atoms with Gasteiger partial charge in [-0.25, -0.2) is 9.97 Å². The van der Waals surface area contributed by atoms with Gasteiger partial charge in [-0.05, 0) is 37.5 Å². The van der Waals surface area contributed by atoms with Crippen LogP contribution in [0.15, 0.2) is 23.6 Å². The lowest BCUT2D eigenvalue weighted by atomic mass is 10.0. The SMILES string of the molecule is Cc1nc(NCCO)c2c(-c3ccc(C)c(C)c3)csc2n1. The maximum absolute atomic E-state index is 9.07. The minimum Gasteiger partial charge on any atom is -0.395 e. The zero-order valence-corrected chi connectivity index (χ0v) is 13.8. The van der Waals surface area contributed by atoms with Crippen molar-refractivity contribution in [3.63, 3.8) is 0 Å². The van der Waals surface area contributed by atoms with Crippen LogP contribution in [0.3, 0.4) is 0 Å². The van der Waals surface area contributed by atoms with E-state index in [9.17, 15) is 0 Å². The lowest BCUT2D eigenvalue weighted by Crippen LogP contribution is -2.08. The molecule has 0 saturated carbocycles. The van der Waals surface area contributed by atoms with Gasteiger partial charge in [0.05, 0.1) is 12.0 Å². The van der Waals surface area contributed by atoms with Crippen LogP contribution in [0.25, 0.3) is 21.3 Å². The maximum Gasteiger partial charge on any atom is 0.139 e. The Kier molecular flexibility index (Phi) is 4.09. The van der Waals surface area contributed by atoms with Gasteiger partial charge in [-0.3, -0.25) is 0 Å². The van der Waals surface area contributed by atoms with Gasteiger partial charge in [-0.2, -0.15) is 0 Å². The van der Waals surface area contributed by atoms with E-state index in [-0.39, 0.29) is 6.61 Å². The highest BCUT2D eigenvalue weighted by Gasteiger charge is 2.14. The van der Waals surface area contributed by atoms with E-state index in [2.05, 4.69) is 52.7 Å². The zero-order valence-electron chi connectivity index (χ0n) is 13.0. The smallest absolute Gasteiger partial charge is 0.139 e. The summed E-state index contributed by atoms with van der Waals surface area (Å²) < 4.78 is 0. The summed E-state index contributed by atoms with van der Waals surface area (Å²) in [6.07, 6.45) is 0. The molecule has 4 nitrogen and oxygen atoms in total. The van der Waals surface area contributed by atoms with Gasteiger partial charge in [0, 0.05) is 17.5 Å². The summed E-state index contributed by atoms with van der Waals surface area (Å²) in [5.41, 5.74) is 4.88. The average Bonchev–Trinajstić information content (AvgIpc) is 2.91. The van der Waals surface area contributed by atoms with Gasteiger partial charge in [-0.1, -0.05) is 18.2 Å². The highest BCUT2D eigenvalue weighted by atomic mass is 32.1. The van der Waals surface area contributed by atoms with Crippen molar-refractivity contribution in [2.45, 2.75) is 20.8 Å². The number of aliphatic hydroxyl groups excluding tert-OH is 1. The molecule has 0 aliphatic heterocycles. The van der Waals surface area contributed by atoms with Crippen molar-refractivity contribution in [1.82, 2.24) is 9.97 Å². The third-order valence-electron chi connectivity index (χ3n) is 3.77. The number of hydrogen-bond acceptors (Lipinski definition) is 5. The number of benzene rings is 1. The van der Waals surface area contributed by atoms with Crippen molar-refractivity contribution in [3.05, 3.63) is 40.5 Å². The van der Waals surface area contributed by atoms with Gasteiger partial charge in [0.1, 0.15) is 16.5 Å². The molecule has 1 aromatic carbocycles. The van der Waals surface area contributed by atoms with Crippen molar-refractivity contribution in [1.29, 1.82) is 0 Å². The van der Waals surface area contributed by atoms with Crippen LogP contribution in [0.2, 0.25) is 0 Å². The number of anilines is 1. The Hall–Kier alpha value is -1.98. The molecule has 0 bridgehead atoms. The molecule has 22 heavy (non-hydrogen) atoms. The molecule has 0 aliphatic carbocycles. The first-order chi connectivity index (χ1) is 10.6. The third kappa shape index (κ3) is 2.69. The summed E-state index contributed by atoms with van der Waals surface area (Å²) in [7, 11) is 0. The molecule has 3 rings (SSSR count). The predicted octanol–water partition coefficient (Wildman–Crippen LogP) is 3.69. The Morgan fingerprint density at radius 1 is 1.14 bits per heavy atom. The second-order valence-corrected chi connectivity index (χ2v) is 6.26. The summed E-state index contributed by atoms with van der Waals surface area (Å²) in [5.74, 6) is 1.53. The highest BCUT2D eigenvalue weighted by Crippen LogP contribution is 2.37. The first kappa shape index (κ1) is 14.9. The molecule has 0 saturated heterocycles. The summed E-state index contributed by atoms with van der Waals surface area (Å²) in [6, 6.07) is 6.48. The van der Waals surface area contributed by atoms with E-state index in [4.69, 9.17) is 5.11 Å². The predicted molar refractivity (Wildman–Crippen MR) is 92.6 cm³/mol. The van der Waals surface area contributed by atoms with Crippen molar-refractivity contribution in [2.75, 3.05) is 18.5 Å². The van der Waals surface area contributed by atoms with Gasteiger partial charge in [0.2, 0.25) is 0 Å². The van der Waals surface area contributed by atoms with E-state index >= 15 is 0 Å². The van der Waals surface area contributed by atoms with Crippen LogP contribution in [0.4, 0.5) is 5.82 Å². The molecular weight excluding hydrogens is 294 g/mol. The van der Waals surface area contributed by atoms with E-state index in [1.807, 2.05) is 6.92 Å². The first-order valence-electron chi connectivity index (χ1n) is 7.28. The number of nitrogens with one attached hydrogen (secondary N) is 1. The van der Waals surface area contributed by atoms with Gasteiger partial charge in [0.15, 0.2) is 0 Å². The fourth-order valence-corrected chi connectivity index (χ4v) is 3.46. The van der Waals surface area contributed by atoms with E-state index in [1.54, 1.807) is 11.3 Å². The first-order valence-corrected chi connectivity index (χ1v) is 8.16. The highest BCUT2D eigenvalue weighted by molar-refractivity contribution is 7.17. The molecule has 0 radical (unpaired) electrons. The van der Waals surface area contributed by atoms with Crippen LogP contribution >= 0.6 is 11.3 Å². The Morgan fingerprint density at radius 2 is 1.95 bits per heavy atom. The Balaban J connectivity index is 2.19. The molecule has 0 unspecified atom stereocenters. The fraction of sp³-hybridized carbons (Fsp3) is 0.294. The quantitative estimate of drug-likeness (QED) is 0.771. The number of hydrogen-bond donors (Lipinski definition) is 2. The molecule has 2 aromatic heterocycles. The fourth-order valence-electron chi connectivity index (χ4n) is 2.47. The van der Waals surface area contributed by atoms with Crippen LogP contribution in [0, 0.1) is 20.8 Å². The van der Waals surface area contributed by atoms with E-state index in [0.717, 1.165) is 27.4 Å². The lowest BCUT2D eigenvalue weighted by Gasteiger charge is -2.09. The van der Waals surface area contributed by atoms with Crippen LogP contribution < -0.4 is 5.32 Å².